The number of tetrazole rings is 1. The van der Waals surface area contributed by atoms with Crippen molar-refractivity contribution in [3.8, 4) is 0 Å². The van der Waals surface area contributed by atoms with Crippen LogP contribution in [0, 0.1) is 0 Å². The summed E-state index contributed by atoms with van der Waals surface area (Å²) >= 11 is 4.81. The molecular formula is C18H13BrN6OS. The summed E-state index contributed by atoms with van der Waals surface area (Å²) in [4.78, 5) is 18.0. The minimum atomic E-state index is -0.281. The smallest absolute Gasteiger partial charge is 0.274 e. The number of rotatable bonds is 4. The first kappa shape index (κ1) is 17.6. The molecule has 1 amide bonds. The highest BCUT2D eigenvalue weighted by molar-refractivity contribution is 9.10. The van der Waals surface area contributed by atoms with E-state index in [9.17, 15) is 4.79 Å². The molecule has 2 heterocycles. The maximum atomic E-state index is 12.7. The lowest BCUT2D eigenvalue weighted by molar-refractivity contribution is 0.102. The van der Waals surface area contributed by atoms with E-state index in [1.807, 2.05) is 48.5 Å². The number of benzene rings is 2. The van der Waals surface area contributed by atoms with Crippen molar-refractivity contribution in [2.75, 3.05) is 5.32 Å². The second-order valence-electron chi connectivity index (χ2n) is 5.67. The quantitative estimate of drug-likeness (QED) is 0.517. The van der Waals surface area contributed by atoms with E-state index in [0.29, 0.717) is 16.5 Å². The van der Waals surface area contributed by atoms with Crippen LogP contribution < -0.4 is 5.32 Å². The maximum Gasteiger partial charge on any atom is 0.274 e. The minimum absolute atomic E-state index is 0.281. The van der Waals surface area contributed by atoms with E-state index < -0.39 is 0 Å². The van der Waals surface area contributed by atoms with Gasteiger partial charge in [0.2, 0.25) is 5.16 Å². The molecule has 27 heavy (non-hydrogen) atoms. The van der Waals surface area contributed by atoms with E-state index in [4.69, 9.17) is 0 Å². The lowest BCUT2D eigenvalue weighted by Crippen LogP contribution is -2.14. The molecule has 0 spiro atoms. The Labute approximate surface area is 167 Å². The molecule has 0 aliphatic heterocycles. The number of nitrogens with one attached hydrogen (secondary N) is 1. The summed E-state index contributed by atoms with van der Waals surface area (Å²) in [5.74, 6) is -0.281. The highest BCUT2D eigenvalue weighted by Gasteiger charge is 2.14. The molecule has 0 radical (unpaired) electrons. The van der Waals surface area contributed by atoms with Gasteiger partial charge in [-0.15, -0.1) is 5.10 Å². The first-order chi connectivity index (χ1) is 13.1. The van der Waals surface area contributed by atoms with Gasteiger partial charge in [-0.2, -0.15) is 0 Å². The summed E-state index contributed by atoms with van der Waals surface area (Å²) in [6, 6.07) is 16.9. The highest BCUT2D eigenvalue weighted by atomic mass is 79.9. The first-order valence-electron chi connectivity index (χ1n) is 7.97. The number of anilines is 1. The molecule has 2 aromatic carbocycles. The van der Waals surface area contributed by atoms with Crippen molar-refractivity contribution in [1.29, 1.82) is 0 Å². The zero-order valence-electron chi connectivity index (χ0n) is 14.1. The molecular weight excluding hydrogens is 428 g/mol. The summed E-state index contributed by atoms with van der Waals surface area (Å²) in [6.45, 7) is 0. The van der Waals surface area contributed by atoms with Gasteiger partial charge in [0.1, 0.15) is 5.69 Å². The number of hydrogen-bond acceptors (Lipinski definition) is 6. The minimum Gasteiger partial charge on any atom is -0.320 e. The van der Waals surface area contributed by atoms with Crippen LogP contribution in [0.25, 0.3) is 10.9 Å². The number of amides is 1. The SMILES string of the molecule is Cn1nnnc1Sc1ccc(Br)cc1NC(=O)c1ccc2ccccc2n1. The lowest BCUT2D eigenvalue weighted by Gasteiger charge is -2.11. The van der Waals surface area contributed by atoms with E-state index >= 15 is 0 Å². The normalized spacial score (nSPS) is 10.9. The molecule has 134 valence electrons. The van der Waals surface area contributed by atoms with Crippen LogP contribution >= 0.6 is 27.7 Å². The van der Waals surface area contributed by atoms with Gasteiger partial charge >= 0.3 is 0 Å². The average Bonchev–Trinajstić information content (AvgIpc) is 3.08. The van der Waals surface area contributed by atoms with Crippen LogP contribution in [0.3, 0.4) is 0 Å². The molecule has 0 atom stereocenters. The number of hydrogen-bond donors (Lipinski definition) is 1. The first-order valence-corrected chi connectivity index (χ1v) is 9.58. The molecule has 0 saturated carbocycles. The number of pyridine rings is 1. The number of halogens is 1. The molecule has 9 heteroatoms. The summed E-state index contributed by atoms with van der Waals surface area (Å²) in [5.41, 5.74) is 1.78. The molecule has 0 unspecified atom stereocenters. The number of aryl methyl sites for hydroxylation is 1. The Bertz CT molecular complexity index is 1150. The van der Waals surface area contributed by atoms with Crippen LogP contribution in [0.4, 0.5) is 5.69 Å². The Kier molecular flexibility index (Phi) is 4.87. The van der Waals surface area contributed by atoms with Gasteiger partial charge in [-0.05, 0) is 52.5 Å². The predicted octanol–water partition coefficient (Wildman–Crippen LogP) is 3.92. The van der Waals surface area contributed by atoms with Crippen molar-refractivity contribution in [2.45, 2.75) is 10.1 Å². The van der Waals surface area contributed by atoms with Gasteiger partial charge in [0.05, 0.1) is 11.2 Å². The van der Waals surface area contributed by atoms with Crippen LogP contribution in [-0.2, 0) is 7.05 Å². The van der Waals surface area contributed by atoms with Gasteiger partial charge in [-0.1, -0.05) is 40.2 Å². The van der Waals surface area contributed by atoms with Gasteiger partial charge in [0.15, 0.2) is 0 Å². The van der Waals surface area contributed by atoms with Crippen molar-refractivity contribution in [3.63, 3.8) is 0 Å². The fourth-order valence-corrected chi connectivity index (χ4v) is 3.63. The molecule has 1 N–H and O–H groups in total. The predicted molar refractivity (Wildman–Crippen MR) is 107 cm³/mol. The number of aromatic nitrogens is 5. The third kappa shape index (κ3) is 3.83. The van der Waals surface area contributed by atoms with Gasteiger partial charge < -0.3 is 5.32 Å². The zero-order valence-corrected chi connectivity index (χ0v) is 16.5. The monoisotopic (exact) mass is 440 g/mol. The van der Waals surface area contributed by atoms with E-state index in [1.54, 1.807) is 17.8 Å². The lowest BCUT2D eigenvalue weighted by atomic mass is 10.2. The fraction of sp³-hybridized carbons (Fsp3) is 0.0556. The molecule has 4 aromatic rings. The molecule has 0 bridgehead atoms. The Hall–Kier alpha value is -2.78. The summed E-state index contributed by atoms with van der Waals surface area (Å²) in [7, 11) is 1.76. The van der Waals surface area contributed by atoms with E-state index in [2.05, 4.69) is 41.8 Å². The maximum absolute atomic E-state index is 12.7. The highest BCUT2D eigenvalue weighted by Crippen LogP contribution is 2.34. The Morgan fingerprint density at radius 2 is 2.00 bits per heavy atom. The van der Waals surface area contributed by atoms with Crippen LogP contribution in [-0.4, -0.2) is 31.1 Å². The summed E-state index contributed by atoms with van der Waals surface area (Å²) in [6.07, 6.45) is 0. The third-order valence-electron chi connectivity index (χ3n) is 3.80. The average molecular weight is 441 g/mol. The second-order valence-corrected chi connectivity index (χ2v) is 7.60. The van der Waals surface area contributed by atoms with Crippen LogP contribution in [0.15, 0.2) is 69.1 Å². The van der Waals surface area contributed by atoms with E-state index in [0.717, 1.165) is 20.3 Å². The van der Waals surface area contributed by atoms with Crippen molar-refractivity contribution in [1.82, 2.24) is 25.2 Å². The number of para-hydroxylation sites is 1. The number of nitrogens with zero attached hydrogens (tertiary/aromatic N) is 5. The van der Waals surface area contributed by atoms with Gasteiger partial charge in [0, 0.05) is 21.8 Å². The molecule has 7 nitrogen and oxygen atoms in total. The Morgan fingerprint density at radius 3 is 2.81 bits per heavy atom. The molecule has 0 fully saturated rings. The van der Waals surface area contributed by atoms with Crippen molar-refractivity contribution >= 4 is 50.2 Å². The Balaban J connectivity index is 1.63. The topological polar surface area (TPSA) is 85.6 Å². The summed E-state index contributed by atoms with van der Waals surface area (Å²) in [5, 5.41) is 16.0. The zero-order chi connectivity index (χ0) is 18.8. The standard InChI is InChI=1S/C18H13BrN6OS/c1-25-18(22-23-24-25)27-16-9-7-12(19)10-15(16)21-17(26)14-8-6-11-4-2-3-5-13(11)20-14/h2-10H,1H3,(H,21,26). The number of carbonyl (C=O) groups is 1. The molecule has 4 rings (SSSR count). The third-order valence-corrected chi connectivity index (χ3v) is 5.40. The molecule has 0 aliphatic rings. The fourth-order valence-electron chi connectivity index (χ4n) is 2.47. The van der Waals surface area contributed by atoms with Crippen molar-refractivity contribution < 1.29 is 4.79 Å². The number of fused-ring (bicyclic) bond motifs is 1. The van der Waals surface area contributed by atoms with Crippen molar-refractivity contribution in [3.05, 3.63) is 64.8 Å². The van der Waals surface area contributed by atoms with E-state index in [-0.39, 0.29) is 5.91 Å². The van der Waals surface area contributed by atoms with Crippen LogP contribution in [0.1, 0.15) is 10.5 Å². The van der Waals surface area contributed by atoms with E-state index in [1.165, 1.54) is 11.8 Å². The largest absolute Gasteiger partial charge is 0.320 e. The van der Waals surface area contributed by atoms with Gasteiger partial charge in [-0.3, -0.25) is 4.79 Å². The van der Waals surface area contributed by atoms with Crippen molar-refractivity contribution in [2.24, 2.45) is 7.05 Å². The molecule has 0 aliphatic carbocycles. The van der Waals surface area contributed by atoms with Crippen LogP contribution in [0.5, 0.6) is 0 Å². The number of carbonyl (C=O) groups excluding carboxylic acids is 1. The van der Waals surface area contributed by atoms with Gasteiger partial charge in [0.25, 0.3) is 5.91 Å². The molecule has 0 saturated heterocycles. The van der Waals surface area contributed by atoms with Gasteiger partial charge in [-0.25, -0.2) is 9.67 Å². The summed E-state index contributed by atoms with van der Waals surface area (Å²) < 4.78 is 2.42. The molecule has 2 aromatic heterocycles. The second kappa shape index (κ2) is 7.45. The Morgan fingerprint density at radius 1 is 1.15 bits per heavy atom. The van der Waals surface area contributed by atoms with Crippen LogP contribution in [0.2, 0.25) is 0 Å².